The van der Waals surface area contributed by atoms with E-state index in [1.54, 1.807) is 0 Å². The molecule has 0 spiro atoms. The number of rotatable bonds is 1. The van der Waals surface area contributed by atoms with Crippen LogP contribution in [0, 0.1) is 6.92 Å². The molecule has 0 unspecified atom stereocenters. The Kier molecular flexibility index (Phi) is 2.38. The van der Waals surface area contributed by atoms with E-state index < -0.39 is 0 Å². The quantitative estimate of drug-likeness (QED) is 0.552. The lowest BCUT2D eigenvalue weighted by atomic mass is 10.1. The van der Waals surface area contributed by atoms with E-state index >= 15 is 0 Å². The van der Waals surface area contributed by atoms with Gasteiger partial charge in [0, 0.05) is 0 Å². The van der Waals surface area contributed by atoms with Crippen molar-refractivity contribution in [1.29, 1.82) is 0 Å². The molecule has 50 valence electrons. The third kappa shape index (κ3) is 1.53. The lowest BCUT2D eigenvalue weighted by Gasteiger charge is -1.94. The van der Waals surface area contributed by atoms with Crippen LogP contribution in [0.15, 0.2) is 24.3 Å². The van der Waals surface area contributed by atoms with Crippen molar-refractivity contribution in [1.82, 2.24) is 0 Å². The summed E-state index contributed by atoms with van der Waals surface area (Å²) in [7, 11) is 0. The number of hydrogen-bond acceptors (Lipinski definition) is 1. The number of aryl methyl sites for hydroxylation is 1. The Morgan fingerprint density at radius 3 is 2.70 bits per heavy atom. The van der Waals surface area contributed by atoms with Crippen LogP contribution in [0.3, 0.4) is 0 Å². The standard InChI is InChI=1S/C9H8S/c1-8-4-2-3-5-9(8)6-7-10/h2-6H,1H3. The first kappa shape index (κ1) is 7.20. The van der Waals surface area contributed by atoms with Gasteiger partial charge in [-0.15, -0.1) is 0 Å². The van der Waals surface area contributed by atoms with E-state index in [0.717, 1.165) is 5.56 Å². The molecule has 0 amide bonds. The first-order valence-corrected chi connectivity index (χ1v) is 3.52. The van der Waals surface area contributed by atoms with Crippen molar-refractivity contribution in [3.8, 4) is 0 Å². The fourth-order valence-corrected chi connectivity index (χ4v) is 0.939. The third-order valence-electron chi connectivity index (χ3n) is 1.40. The van der Waals surface area contributed by atoms with Crippen molar-refractivity contribution in [3.05, 3.63) is 35.4 Å². The molecular formula is C9H8S. The second-order valence-corrected chi connectivity index (χ2v) is 2.35. The van der Waals surface area contributed by atoms with E-state index in [9.17, 15) is 0 Å². The van der Waals surface area contributed by atoms with Crippen LogP contribution in [0.1, 0.15) is 11.1 Å². The van der Waals surface area contributed by atoms with Gasteiger partial charge in [-0.1, -0.05) is 24.3 Å². The molecule has 0 heterocycles. The van der Waals surface area contributed by atoms with Crippen molar-refractivity contribution < 1.29 is 0 Å². The normalized spacial score (nSPS) is 8.50. The van der Waals surface area contributed by atoms with Crippen LogP contribution < -0.4 is 0 Å². The van der Waals surface area contributed by atoms with Gasteiger partial charge in [-0.2, -0.15) is 0 Å². The molecule has 1 rings (SSSR count). The topological polar surface area (TPSA) is 0 Å². The summed E-state index contributed by atoms with van der Waals surface area (Å²) >= 11 is 4.59. The minimum absolute atomic E-state index is 1.15. The molecule has 0 aliphatic heterocycles. The highest BCUT2D eigenvalue weighted by atomic mass is 32.1. The molecule has 0 saturated heterocycles. The van der Waals surface area contributed by atoms with E-state index in [4.69, 9.17) is 0 Å². The first-order chi connectivity index (χ1) is 4.84. The number of thiocarbonyl (C=S) groups is 1. The highest BCUT2D eigenvalue weighted by Gasteiger charge is 1.88. The van der Waals surface area contributed by atoms with Crippen molar-refractivity contribution in [2.24, 2.45) is 0 Å². The van der Waals surface area contributed by atoms with Crippen LogP contribution in [0.4, 0.5) is 0 Å². The van der Waals surface area contributed by atoms with Crippen molar-refractivity contribution in [3.63, 3.8) is 0 Å². The molecule has 10 heavy (non-hydrogen) atoms. The molecule has 0 N–H and O–H groups in total. The summed E-state index contributed by atoms with van der Waals surface area (Å²) in [4.78, 5) is 0. The van der Waals surface area contributed by atoms with Gasteiger partial charge in [-0.05, 0) is 41.4 Å². The van der Waals surface area contributed by atoms with Crippen LogP contribution in [-0.2, 0) is 0 Å². The average Bonchev–Trinajstić information content (AvgIpc) is 1.94. The highest BCUT2D eigenvalue weighted by molar-refractivity contribution is 7.78. The van der Waals surface area contributed by atoms with Gasteiger partial charge in [0.05, 0.1) is 0 Å². The Labute approximate surface area is 66.2 Å². The lowest BCUT2D eigenvalue weighted by molar-refractivity contribution is 1.45. The summed E-state index contributed by atoms with van der Waals surface area (Å²) in [5.74, 6) is 0. The van der Waals surface area contributed by atoms with Gasteiger partial charge in [0.2, 0.25) is 0 Å². The molecule has 0 nitrogen and oxygen atoms in total. The lowest BCUT2D eigenvalue weighted by Crippen LogP contribution is -1.76. The zero-order valence-electron chi connectivity index (χ0n) is 5.79. The summed E-state index contributed by atoms with van der Waals surface area (Å²) in [6.45, 7) is 2.05. The van der Waals surface area contributed by atoms with E-state index in [0.29, 0.717) is 0 Å². The summed E-state index contributed by atoms with van der Waals surface area (Å²) < 4.78 is 0. The Hall–Kier alpha value is -0.910. The maximum absolute atomic E-state index is 4.59. The van der Waals surface area contributed by atoms with Gasteiger partial charge < -0.3 is 0 Å². The Balaban J connectivity index is 3.14. The molecule has 0 bridgehead atoms. The van der Waals surface area contributed by atoms with Gasteiger partial charge in [-0.25, -0.2) is 0 Å². The Bertz CT molecular complexity index is 270. The third-order valence-corrected chi connectivity index (χ3v) is 1.52. The molecular weight excluding hydrogens is 140 g/mol. The smallest absolute Gasteiger partial charge is 0.000845 e. The van der Waals surface area contributed by atoms with Gasteiger partial charge in [0.15, 0.2) is 0 Å². The summed E-state index contributed by atoms with van der Waals surface area (Å²) in [5.41, 5.74) is 2.39. The van der Waals surface area contributed by atoms with Gasteiger partial charge in [0.25, 0.3) is 0 Å². The number of hydrogen-bond donors (Lipinski definition) is 0. The predicted octanol–water partition coefficient (Wildman–Crippen LogP) is 2.61. The van der Waals surface area contributed by atoms with E-state index in [-0.39, 0.29) is 0 Å². The predicted molar refractivity (Wildman–Crippen MR) is 48.2 cm³/mol. The van der Waals surface area contributed by atoms with Gasteiger partial charge >= 0.3 is 0 Å². The van der Waals surface area contributed by atoms with E-state index in [1.165, 1.54) is 5.56 Å². The van der Waals surface area contributed by atoms with Gasteiger partial charge in [0.1, 0.15) is 0 Å². The summed E-state index contributed by atoms with van der Waals surface area (Å²) in [5, 5.41) is 2.58. The first-order valence-electron chi connectivity index (χ1n) is 3.11. The largest absolute Gasteiger partial charge is 0.0620 e. The molecule has 0 radical (unpaired) electrons. The van der Waals surface area contributed by atoms with Crippen molar-refractivity contribution in [2.75, 3.05) is 0 Å². The highest BCUT2D eigenvalue weighted by Crippen LogP contribution is 2.06. The Morgan fingerprint density at radius 2 is 2.10 bits per heavy atom. The van der Waals surface area contributed by atoms with Crippen LogP contribution in [-0.4, -0.2) is 5.02 Å². The maximum Gasteiger partial charge on any atom is -0.000845 e. The monoisotopic (exact) mass is 148 g/mol. The van der Waals surface area contributed by atoms with Crippen molar-refractivity contribution >= 4 is 23.3 Å². The summed E-state index contributed by atoms with van der Waals surface area (Å²) in [6, 6.07) is 8.08. The Morgan fingerprint density at radius 1 is 1.40 bits per heavy atom. The van der Waals surface area contributed by atoms with Crippen LogP contribution in [0.25, 0.3) is 6.08 Å². The van der Waals surface area contributed by atoms with Crippen LogP contribution >= 0.6 is 12.2 Å². The fourth-order valence-electron chi connectivity index (χ4n) is 0.812. The average molecular weight is 148 g/mol. The number of benzene rings is 1. The molecule has 1 aromatic rings. The molecule has 0 aliphatic rings. The SMILES string of the molecule is Cc1ccccc1C=C=S. The molecule has 0 aliphatic carbocycles. The molecule has 1 aromatic carbocycles. The second-order valence-electron chi connectivity index (χ2n) is 2.12. The zero-order chi connectivity index (χ0) is 7.40. The van der Waals surface area contributed by atoms with Crippen LogP contribution in [0.2, 0.25) is 0 Å². The zero-order valence-corrected chi connectivity index (χ0v) is 6.61. The van der Waals surface area contributed by atoms with E-state index in [1.807, 2.05) is 24.3 Å². The minimum atomic E-state index is 1.15. The van der Waals surface area contributed by atoms with E-state index in [2.05, 4.69) is 30.2 Å². The molecule has 0 saturated carbocycles. The van der Waals surface area contributed by atoms with Crippen molar-refractivity contribution in [2.45, 2.75) is 6.92 Å². The fraction of sp³-hybridized carbons (Fsp3) is 0.111. The molecule has 0 aromatic heterocycles. The molecule has 0 atom stereocenters. The maximum atomic E-state index is 4.59. The van der Waals surface area contributed by atoms with Crippen LogP contribution in [0.5, 0.6) is 0 Å². The second kappa shape index (κ2) is 3.31. The van der Waals surface area contributed by atoms with Gasteiger partial charge in [-0.3, -0.25) is 0 Å². The molecule has 1 heteroatoms. The minimum Gasteiger partial charge on any atom is -0.0620 e. The summed E-state index contributed by atoms with van der Waals surface area (Å²) in [6.07, 6.45) is 1.81. The molecule has 0 fully saturated rings.